The summed E-state index contributed by atoms with van der Waals surface area (Å²) in [6, 6.07) is 7.70. The third-order valence-electron chi connectivity index (χ3n) is 4.55. The predicted molar refractivity (Wildman–Crippen MR) is 95.7 cm³/mol. The molecule has 0 unspecified atom stereocenters. The summed E-state index contributed by atoms with van der Waals surface area (Å²) in [5.41, 5.74) is 3.48. The normalized spacial score (nSPS) is 13.3. The number of benzene rings is 1. The summed E-state index contributed by atoms with van der Waals surface area (Å²) in [6.45, 7) is 4.16. The molecule has 1 aliphatic carbocycles. The molecule has 0 saturated carbocycles. The summed E-state index contributed by atoms with van der Waals surface area (Å²) in [6.07, 6.45) is 3.51. The van der Waals surface area contributed by atoms with Crippen molar-refractivity contribution in [3.63, 3.8) is 0 Å². The summed E-state index contributed by atoms with van der Waals surface area (Å²) in [5, 5.41) is 4.76. The van der Waals surface area contributed by atoms with Crippen LogP contribution in [0.5, 0.6) is 0 Å². The molecule has 4 rings (SSSR count). The Hall–Kier alpha value is -2.76. The standard InChI is InChI=1S/C20H21N3O3/c1-12(2)10-17-22-18(26-23-17)11-25-20(24)19-13-6-3-4-8-15(13)21-16-9-5-7-14(16)19/h3-4,6,8,12H,5,7,9-11H2,1-2H3. The van der Waals surface area contributed by atoms with E-state index in [1.165, 1.54) is 0 Å². The molecule has 6 heteroatoms. The maximum absolute atomic E-state index is 12.8. The van der Waals surface area contributed by atoms with Gasteiger partial charge in [0.25, 0.3) is 5.89 Å². The van der Waals surface area contributed by atoms with Gasteiger partial charge in [-0.2, -0.15) is 4.98 Å². The molecule has 0 aliphatic heterocycles. The second-order valence-electron chi connectivity index (χ2n) is 7.06. The number of esters is 1. The van der Waals surface area contributed by atoms with Crippen molar-refractivity contribution in [1.82, 2.24) is 15.1 Å². The van der Waals surface area contributed by atoms with Crippen LogP contribution in [0.2, 0.25) is 0 Å². The van der Waals surface area contributed by atoms with Gasteiger partial charge in [-0.05, 0) is 36.8 Å². The van der Waals surface area contributed by atoms with Gasteiger partial charge in [-0.1, -0.05) is 37.2 Å². The molecule has 0 amide bonds. The third kappa shape index (κ3) is 3.19. The van der Waals surface area contributed by atoms with Crippen molar-refractivity contribution in [1.29, 1.82) is 0 Å². The molecule has 0 bridgehead atoms. The van der Waals surface area contributed by atoms with E-state index in [1.54, 1.807) is 0 Å². The summed E-state index contributed by atoms with van der Waals surface area (Å²) in [4.78, 5) is 21.8. The van der Waals surface area contributed by atoms with Gasteiger partial charge in [0.1, 0.15) is 0 Å². The van der Waals surface area contributed by atoms with E-state index in [0.717, 1.165) is 47.8 Å². The van der Waals surface area contributed by atoms with E-state index in [0.29, 0.717) is 23.2 Å². The van der Waals surface area contributed by atoms with Gasteiger partial charge in [0, 0.05) is 17.5 Å². The van der Waals surface area contributed by atoms with Crippen molar-refractivity contribution in [2.75, 3.05) is 0 Å². The number of hydrogen-bond acceptors (Lipinski definition) is 6. The first-order chi connectivity index (χ1) is 12.6. The lowest BCUT2D eigenvalue weighted by Crippen LogP contribution is -2.10. The second kappa shape index (κ2) is 6.86. The Morgan fingerprint density at radius 2 is 2.08 bits per heavy atom. The van der Waals surface area contributed by atoms with Crippen LogP contribution >= 0.6 is 0 Å². The molecular formula is C20H21N3O3. The van der Waals surface area contributed by atoms with E-state index < -0.39 is 0 Å². The number of para-hydroxylation sites is 1. The van der Waals surface area contributed by atoms with E-state index >= 15 is 0 Å². The van der Waals surface area contributed by atoms with Gasteiger partial charge >= 0.3 is 5.97 Å². The summed E-state index contributed by atoms with van der Waals surface area (Å²) >= 11 is 0. The maximum Gasteiger partial charge on any atom is 0.339 e. The Balaban J connectivity index is 1.58. The van der Waals surface area contributed by atoms with Crippen LogP contribution < -0.4 is 0 Å². The average molecular weight is 351 g/mol. The largest absolute Gasteiger partial charge is 0.452 e. The Labute approximate surface area is 151 Å². The van der Waals surface area contributed by atoms with Crippen molar-refractivity contribution < 1.29 is 14.1 Å². The van der Waals surface area contributed by atoms with Crippen LogP contribution in [-0.2, 0) is 30.6 Å². The van der Waals surface area contributed by atoms with Crippen LogP contribution in [0.15, 0.2) is 28.8 Å². The zero-order valence-corrected chi connectivity index (χ0v) is 15.0. The van der Waals surface area contributed by atoms with Crippen molar-refractivity contribution in [2.24, 2.45) is 5.92 Å². The second-order valence-corrected chi connectivity index (χ2v) is 7.06. The fourth-order valence-electron chi connectivity index (χ4n) is 3.44. The van der Waals surface area contributed by atoms with Crippen LogP contribution in [0.3, 0.4) is 0 Å². The lowest BCUT2D eigenvalue weighted by molar-refractivity contribution is 0.0431. The average Bonchev–Trinajstić information content (AvgIpc) is 3.26. The van der Waals surface area contributed by atoms with E-state index in [1.807, 2.05) is 24.3 Å². The minimum Gasteiger partial charge on any atom is -0.452 e. The molecule has 1 aliphatic rings. The van der Waals surface area contributed by atoms with E-state index in [-0.39, 0.29) is 12.6 Å². The Kier molecular flexibility index (Phi) is 4.41. The van der Waals surface area contributed by atoms with Gasteiger partial charge in [-0.25, -0.2) is 4.79 Å². The van der Waals surface area contributed by atoms with Crippen molar-refractivity contribution in [3.05, 3.63) is 52.8 Å². The Morgan fingerprint density at radius 3 is 2.92 bits per heavy atom. The van der Waals surface area contributed by atoms with Crippen molar-refractivity contribution in [3.8, 4) is 0 Å². The fourth-order valence-corrected chi connectivity index (χ4v) is 3.44. The molecule has 0 fully saturated rings. The Morgan fingerprint density at radius 1 is 1.23 bits per heavy atom. The number of aryl methyl sites for hydroxylation is 1. The third-order valence-corrected chi connectivity index (χ3v) is 4.55. The zero-order chi connectivity index (χ0) is 18.1. The monoisotopic (exact) mass is 351 g/mol. The predicted octanol–water partition coefficient (Wildman–Crippen LogP) is 3.66. The molecule has 6 nitrogen and oxygen atoms in total. The number of carbonyl (C=O) groups excluding carboxylic acids is 1. The van der Waals surface area contributed by atoms with Gasteiger partial charge in [0.15, 0.2) is 12.4 Å². The number of rotatable bonds is 5. The highest BCUT2D eigenvalue weighted by atomic mass is 16.6. The van der Waals surface area contributed by atoms with Crippen LogP contribution in [0.1, 0.15) is 53.6 Å². The number of fused-ring (bicyclic) bond motifs is 2. The summed E-state index contributed by atoms with van der Waals surface area (Å²) < 4.78 is 10.7. The highest BCUT2D eigenvalue weighted by Gasteiger charge is 2.25. The molecule has 0 saturated heterocycles. The number of nitrogens with zero attached hydrogens (tertiary/aromatic N) is 3. The number of aromatic nitrogens is 3. The van der Waals surface area contributed by atoms with Crippen LogP contribution in [0.4, 0.5) is 0 Å². The maximum atomic E-state index is 12.8. The number of carbonyl (C=O) groups is 1. The molecule has 26 heavy (non-hydrogen) atoms. The van der Waals surface area contributed by atoms with Crippen LogP contribution in [0, 0.1) is 5.92 Å². The lowest BCUT2D eigenvalue weighted by atomic mass is 10.0. The number of pyridine rings is 1. The molecule has 1 aromatic carbocycles. The van der Waals surface area contributed by atoms with E-state index in [2.05, 4.69) is 24.0 Å². The molecule has 0 spiro atoms. The topological polar surface area (TPSA) is 78.1 Å². The first-order valence-corrected chi connectivity index (χ1v) is 9.01. The number of hydrogen-bond donors (Lipinski definition) is 0. The zero-order valence-electron chi connectivity index (χ0n) is 15.0. The molecule has 3 aromatic rings. The minimum atomic E-state index is -0.356. The van der Waals surface area contributed by atoms with Gasteiger partial charge in [-0.3, -0.25) is 4.98 Å². The summed E-state index contributed by atoms with van der Waals surface area (Å²) in [7, 11) is 0. The number of ether oxygens (including phenoxy) is 1. The first-order valence-electron chi connectivity index (χ1n) is 9.01. The molecule has 0 atom stereocenters. The van der Waals surface area contributed by atoms with Crippen molar-refractivity contribution in [2.45, 2.75) is 46.1 Å². The first kappa shape index (κ1) is 16.7. The fraction of sp³-hybridized carbons (Fsp3) is 0.400. The Bertz CT molecular complexity index is 962. The van der Waals surface area contributed by atoms with E-state index in [4.69, 9.17) is 14.2 Å². The van der Waals surface area contributed by atoms with Gasteiger partial charge < -0.3 is 9.26 Å². The van der Waals surface area contributed by atoms with Crippen LogP contribution in [0.25, 0.3) is 10.9 Å². The summed E-state index contributed by atoms with van der Waals surface area (Å²) in [5.74, 6) is 1.05. The van der Waals surface area contributed by atoms with Gasteiger partial charge in [0.05, 0.1) is 11.1 Å². The minimum absolute atomic E-state index is 0.0185. The molecular weight excluding hydrogens is 330 g/mol. The SMILES string of the molecule is CC(C)Cc1noc(COC(=O)c2c3c(nc4ccccc24)CCC3)n1. The van der Waals surface area contributed by atoms with Crippen molar-refractivity contribution >= 4 is 16.9 Å². The highest BCUT2D eigenvalue weighted by Crippen LogP contribution is 2.30. The molecule has 2 heterocycles. The highest BCUT2D eigenvalue weighted by molar-refractivity contribution is 6.05. The van der Waals surface area contributed by atoms with Gasteiger partial charge in [-0.15, -0.1) is 0 Å². The smallest absolute Gasteiger partial charge is 0.339 e. The quantitative estimate of drug-likeness (QED) is 0.653. The molecule has 0 radical (unpaired) electrons. The lowest BCUT2D eigenvalue weighted by Gasteiger charge is -2.11. The molecule has 134 valence electrons. The van der Waals surface area contributed by atoms with E-state index in [9.17, 15) is 4.79 Å². The van der Waals surface area contributed by atoms with Gasteiger partial charge in [0.2, 0.25) is 0 Å². The van der Waals surface area contributed by atoms with Crippen LogP contribution in [-0.4, -0.2) is 21.1 Å². The molecule has 2 aromatic heterocycles. The molecule has 0 N–H and O–H groups in total.